The van der Waals surface area contributed by atoms with E-state index in [4.69, 9.17) is 0 Å². The maximum Gasteiger partial charge on any atom is 0.248 e. The van der Waals surface area contributed by atoms with Crippen molar-refractivity contribution in [2.45, 2.75) is 13.8 Å². The highest BCUT2D eigenvalue weighted by atomic mass is 19.1. The van der Waals surface area contributed by atoms with Gasteiger partial charge in [-0.3, -0.25) is 9.59 Å². The van der Waals surface area contributed by atoms with Gasteiger partial charge in [-0.15, -0.1) is 0 Å². The zero-order valence-corrected chi connectivity index (χ0v) is 9.58. The largest absolute Gasteiger partial charge is 0.324 e. The minimum atomic E-state index is -0.552. The van der Waals surface area contributed by atoms with E-state index < -0.39 is 5.82 Å². The van der Waals surface area contributed by atoms with Gasteiger partial charge in [0, 0.05) is 12.6 Å². The van der Waals surface area contributed by atoms with Crippen LogP contribution in [0, 0.1) is 5.82 Å². The molecule has 0 fully saturated rings. The summed E-state index contributed by atoms with van der Waals surface area (Å²) in [5.74, 6) is -1.24. The number of rotatable bonds is 3. The molecule has 4 nitrogen and oxygen atoms in total. The van der Waals surface area contributed by atoms with Crippen molar-refractivity contribution >= 4 is 23.2 Å². The van der Waals surface area contributed by atoms with Gasteiger partial charge in [-0.1, -0.05) is 6.08 Å². The maximum absolute atomic E-state index is 13.3. The smallest absolute Gasteiger partial charge is 0.248 e. The van der Waals surface area contributed by atoms with Crippen LogP contribution in [0.5, 0.6) is 0 Å². The normalized spacial score (nSPS) is 10.3. The molecule has 0 aliphatic heterocycles. The molecule has 0 aliphatic carbocycles. The van der Waals surface area contributed by atoms with Gasteiger partial charge in [0.15, 0.2) is 0 Å². The molecular formula is C12H13FN2O2. The molecule has 0 spiro atoms. The molecule has 0 heterocycles. The molecule has 0 saturated heterocycles. The summed E-state index contributed by atoms with van der Waals surface area (Å²) < 4.78 is 13.3. The minimum Gasteiger partial charge on any atom is -0.324 e. The van der Waals surface area contributed by atoms with E-state index in [0.717, 1.165) is 0 Å². The number of hydrogen-bond donors (Lipinski definition) is 2. The first-order chi connectivity index (χ1) is 8.02. The summed E-state index contributed by atoms with van der Waals surface area (Å²) in [7, 11) is 0. The van der Waals surface area contributed by atoms with Gasteiger partial charge in [-0.05, 0) is 31.2 Å². The van der Waals surface area contributed by atoms with Crippen LogP contribution in [0.15, 0.2) is 30.4 Å². The molecule has 0 unspecified atom stereocenters. The molecule has 90 valence electrons. The molecule has 1 aromatic rings. The van der Waals surface area contributed by atoms with Crippen molar-refractivity contribution in [3.05, 3.63) is 36.2 Å². The van der Waals surface area contributed by atoms with Gasteiger partial charge < -0.3 is 10.6 Å². The van der Waals surface area contributed by atoms with Gasteiger partial charge in [0.1, 0.15) is 5.82 Å². The monoisotopic (exact) mass is 236 g/mol. The summed E-state index contributed by atoms with van der Waals surface area (Å²) in [6, 6.07) is 3.96. The number of benzene rings is 1. The van der Waals surface area contributed by atoms with E-state index in [1.807, 2.05) is 0 Å². The van der Waals surface area contributed by atoms with E-state index in [-0.39, 0.29) is 17.5 Å². The van der Waals surface area contributed by atoms with E-state index in [2.05, 4.69) is 10.6 Å². The molecular weight excluding hydrogens is 223 g/mol. The summed E-state index contributed by atoms with van der Waals surface area (Å²) in [6.45, 7) is 3.00. The van der Waals surface area contributed by atoms with E-state index in [0.29, 0.717) is 5.69 Å². The molecule has 0 aliphatic rings. The van der Waals surface area contributed by atoms with E-state index >= 15 is 0 Å². The molecule has 0 aromatic heterocycles. The van der Waals surface area contributed by atoms with Crippen molar-refractivity contribution < 1.29 is 14.0 Å². The van der Waals surface area contributed by atoms with Gasteiger partial charge in [-0.25, -0.2) is 4.39 Å². The van der Waals surface area contributed by atoms with E-state index in [1.165, 1.54) is 31.2 Å². The van der Waals surface area contributed by atoms with E-state index in [1.54, 1.807) is 13.0 Å². The fourth-order valence-corrected chi connectivity index (χ4v) is 1.22. The number of amides is 2. The van der Waals surface area contributed by atoms with Crippen LogP contribution in [-0.4, -0.2) is 11.8 Å². The van der Waals surface area contributed by atoms with Crippen LogP contribution in [0.2, 0.25) is 0 Å². The number of carbonyl (C=O) groups is 2. The van der Waals surface area contributed by atoms with Crippen LogP contribution < -0.4 is 10.6 Å². The zero-order valence-electron chi connectivity index (χ0n) is 9.58. The fourth-order valence-electron chi connectivity index (χ4n) is 1.22. The highest BCUT2D eigenvalue weighted by Gasteiger charge is 2.06. The average molecular weight is 236 g/mol. The van der Waals surface area contributed by atoms with Crippen molar-refractivity contribution in [1.29, 1.82) is 0 Å². The Hall–Kier alpha value is -2.17. The second-order valence-electron chi connectivity index (χ2n) is 3.37. The lowest BCUT2D eigenvalue weighted by Crippen LogP contribution is -2.10. The Bertz CT molecular complexity index is 470. The Balaban J connectivity index is 2.88. The Morgan fingerprint density at radius 3 is 2.59 bits per heavy atom. The first-order valence-corrected chi connectivity index (χ1v) is 5.03. The lowest BCUT2D eigenvalue weighted by molar-refractivity contribution is -0.114. The molecule has 1 rings (SSSR count). The molecule has 2 N–H and O–H groups in total. The SMILES string of the molecule is CC=CC(=O)Nc1ccc(F)c(NC(C)=O)c1. The van der Waals surface area contributed by atoms with Crippen LogP contribution in [0.4, 0.5) is 15.8 Å². The van der Waals surface area contributed by atoms with Gasteiger partial charge in [0.25, 0.3) is 0 Å². The molecule has 0 bridgehead atoms. The average Bonchev–Trinajstić information content (AvgIpc) is 2.22. The Labute approximate surface area is 98.5 Å². The number of carbonyl (C=O) groups excluding carboxylic acids is 2. The van der Waals surface area contributed by atoms with Crippen molar-refractivity contribution in [3.63, 3.8) is 0 Å². The zero-order chi connectivity index (χ0) is 12.8. The standard InChI is InChI=1S/C12H13FN2O2/c1-3-4-12(17)15-9-5-6-10(13)11(7-9)14-8(2)16/h3-7H,1-2H3,(H,14,16)(H,15,17). The molecule has 1 aromatic carbocycles. The summed E-state index contributed by atoms with van der Waals surface area (Å²) in [5.41, 5.74) is 0.453. The van der Waals surface area contributed by atoms with Crippen LogP contribution >= 0.6 is 0 Å². The van der Waals surface area contributed by atoms with Crippen molar-refractivity contribution in [2.24, 2.45) is 0 Å². The van der Waals surface area contributed by atoms with Gasteiger partial charge in [-0.2, -0.15) is 0 Å². The molecule has 17 heavy (non-hydrogen) atoms. The van der Waals surface area contributed by atoms with Crippen molar-refractivity contribution in [1.82, 2.24) is 0 Å². The van der Waals surface area contributed by atoms with Crippen molar-refractivity contribution in [2.75, 3.05) is 10.6 Å². The Morgan fingerprint density at radius 1 is 1.29 bits per heavy atom. The fraction of sp³-hybridized carbons (Fsp3) is 0.167. The number of halogens is 1. The molecule has 0 radical (unpaired) electrons. The summed E-state index contributed by atoms with van der Waals surface area (Å²) in [5, 5.41) is 4.88. The van der Waals surface area contributed by atoms with Gasteiger partial charge in [0.2, 0.25) is 11.8 Å². The summed E-state index contributed by atoms with van der Waals surface area (Å²) in [6.07, 6.45) is 2.94. The first kappa shape index (κ1) is 12.9. The Kier molecular flexibility index (Phi) is 4.39. The molecule has 5 heteroatoms. The highest BCUT2D eigenvalue weighted by molar-refractivity contribution is 6.00. The third-order valence-corrected chi connectivity index (χ3v) is 1.86. The first-order valence-electron chi connectivity index (χ1n) is 5.03. The van der Waals surface area contributed by atoms with Crippen LogP contribution in [0.1, 0.15) is 13.8 Å². The maximum atomic E-state index is 13.3. The second-order valence-corrected chi connectivity index (χ2v) is 3.37. The summed E-state index contributed by atoms with van der Waals surface area (Å²) >= 11 is 0. The predicted octanol–water partition coefficient (Wildman–Crippen LogP) is 2.30. The highest BCUT2D eigenvalue weighted by Crippen LogP contribution is 2.19. The number of hydrogen-bond acceptors (Lipinski definition) is 2. The van der Waals surface area contributed by atoms with Crippen LogP contribution in [0.25, 0.3) is 0 Å². The third-order valence-electron chi connectivity index (χ3n) is 1.86. The minimum absolute atomic E-state index is 0.0378. The van der Waals surface area contributed by atoms with Crippen LogP contribution in [0.3, 0.4) is 0 Å². The molecule has 2 amide bonds. The van der Waals surface area contributed by atoms with Crippen LogP contribution in [-0.2, 0) is 9.59 Å². The predicted molar refractivity (Wildman–Crippen MR) is 64.1 cm³/mol. The topological polar surface area (TPSA) is 58.2 Å². The molecule has 0 atom stereocenters. The number of allylic oxidation sites excluding steroid dienone is 1. The second kappa shape index (κ2) is 5.79. The molecule has 0 saturated carbocycles. The number of nitrogens with one attached hydrogen (secondary N) is 2. The lowest BCUT2D eigenvalue weighted by atomic mass is 10.2. The number of anilines is 2. The Morgan fingerprint density at radius 2 is 2.00 bits per heavy atom. The summed E-state index contributed by atoms with van der Waals surface area (Å²) in [4.78, 5) is 22.1. The van der Waals surface area contributed by atoms with E-state index in [9.17, 15) is 14.0 Å². The van der Waals surface area contributed by atoms with Crippen molar-refractivity contribution in [3.8, 4) is 0 Å². The quantitative estimate of drug-likeness (QED) is 0.791. The van der Waals surface area contributed by atoms with Gasteiger partial charge >= 0.3 is 0 Å². The van der Waals surface area contributed by atoms with Gasteiger partial charge in [0.05, 0.1) is 5.69 Å². The third kappa shape index (κ3) is 4.06. The lowest BCUT2D eigenvalue weighted by Gasteiger charge is -2.07.